The Morgan fingerprint density at radius 1 is 1.09 bits per heavy atom. The fourth-order valence-corrected chi connectivity index (χ4v) is 3.44. The van der Waals surface area contributed by atoms with Crippen LogP contribution in [-0.4, -0.2) is 24.6 Å². The summed E-state index contributed by atoms with van der Waals surface area (Å²) >= 11 is 0. The number of ether oxygens (including phenoxy) is 3. The maximum absolute atomic E-state index is 10.9. The lowest BCUT2D eigenvalue weighted by molar-refractivity contribution is -0.220. The van der Waals surface area contributed by atoms with Crippen LogP contribution in [0.2, 0.25) is 0 Å². The molecular weight excluding hydrogens is 280 g/mol. The minimum Gasteiger partial charge on any atom is -0.449 e. The third kappa shape index (κ3) is 1.84. The van der Waals surface area contributed by atoms with Crippen molar-refractivity contribution in [1.82, 2.24) is 0 Å². The van der Waals surface area contributed by atoms with Crippen molar-refractivity contribution in [2.75, 3.05) is 13.7 Å². The normalized spacial score (nSPS) is 28.6. The van der Waals surface area contributed by atoms with Gasteiger partial charge in [0.25, 0.3) is 5.79 Å². The van der Waals surface area contributed by atoms with E-state index in [1.807, 2.05) is 48.5 Å². The van der Waals surface area contributed by atoms with Crippen molar-refractivity contribution < 1.29 is 19.3 Å². The Morgan fingerprint density at radius 3 is 2.55 bits per heavy atom. The minimum absolute atomic E-state index is 0.0881. The van der Waals surface area contributed by atoms with Gasteiger partial charge in [0.05, 0.1) is 12.5 Å². The molecule has 2 aromatic carbocycles. The monoisotopic (exact) mass is 298 g/mol. The highest BCUT2D eigenvalue weighted by atomic mass is 16.7. The highest BCUT2D eigenvalue weighted by molar-refractivity contribution is 5.44. The zero-order valence-corrected chi connectivity index (χ0v) is 12.4. The standard InChI is InChI=1S/C18H18O4/c1-20-11-13-10-12-6-2-4-8-15(12)21-18(13)17(19)14-7-3-5-9-16(14)22-18/h2-9,13,17,19H,10-11H2,1H3/t13-,17+,18-/m1/s1. The maximum Gasteiger partial charge on any atom is 0.286 e. The van der Waals surface area contributed by atoms with Gasteiger partial charge < -0.3 is 19.3 Å². The second kappa shape index (κ2) is 5.00. The van der Waals surface area contributed by atoms with Gasteiger partial charge in [0.1, 0.15) is 11.5 Å². The fraction of sp³-hybridized carbons (Fsp3) is 0.333. The molecule has 0 bridgehead atoms. The van der Waals surface area contributed by atoms with Crippen LogP contribution in [0, 0.1) is 5.92 Å². The first-order valence-electron chi connectivity index (χ1n) is 7.46. The molecule has 2 aliphatic rings. The van der Waals surface area contributed by atoms with E-state index in [9.17, 15) is 5.11 Å². The van der Waals surface area contributed by atoms with Gasteiger partial charge in [-0.3, -0.25) is 0 Å². The molecule has 0 saturated carbocycles. The Kier molecular flexibility index (Phi) is 3.10. The average molecular weight is 298 g/mol. The Hall–Kier alpha value is -2.04. The molecule has 1 N–H and O–H groups in total. The maximum atomic E-state index is 10.9. The minimum atomic E-state index is -1.12. The van der Waals surface area contributed by atoms with E-state index in [0.717, 1.165) is 23.3 Å². The van der Waals surface area contributed by atoms with E-state index in [-0.39, 0.29) is 5.92 Å². The fourth-order valence-electron chi connectivity index (χ4n) is 3.44. The molecule has 0 radical (unpaired) electrons. The molecule has 4 heteroatoms. The number of rotatable bonds is 2. The van der Waals surface area contributed by atoms with Gasteiger partial charge in [-0.25, -0.2) is 0 Å². The molecule has 2 aromatic rings. The molecule has 1 spiro atoms. The van der Waals surface area contributed by atoms with Gasteiger partial charge in [0.15, 0.2) is 6.10 Å². The van der Waals surface area contributed by atoms with Crippen LogP contribution in [0.5, 0.6) is 11.5 Å². The second-order valence-electron chi connectivity index (χ2n) is 5.83. The Bertz CT molecular complexity index is 699. The SMILES string of the molecule is COC[C@H]1Cc2ccccc2O[C@@]12Oc1ccccc1[C@@H]2O. The number of para-hydroxylation sites is 2. The zero-order chi connectivity index (χ0) is 15.2. The van der Waals surface area contributed by atoms with E-state index < -0.39 is 11.9 Å². The molecule has 114 valence electrons. The first-order valence-corrected chi connectivity index (χ1v) is 7.46. The van der Waals surface area contributed by atoms with Gasteiger partial charge in [0.2, 0.25) is 0 Å². The second-order valence-corrected chi connectivity index (χ2v) is 5.83. The molecule has 22 heavy (non-hydrogen) atoms. The molecule has 0 aromatic heterocycles. The Labute approximate surface area is 129 Å². The van der Waals surface area contributed by atoms with Crippen molar-refractivity contribution in [3.63, 3.8) is 0 Å². The van der Waals surface area contributed by atoms with Gasteiger partial charge in [-0.05, 0) is 24.1 Å². The topological polar surface area (TPSA) is 47.9 Å². The summed E-state index contributed by atoms with van der Waals surface area (Å²) < 4.78 is 17.7. The predicted molar refractivity (Wildman–Crippen MR) is 80.9 cm³/mol. The van der Waals surface area contributed by atoms with E-state index in [4.69, 9.17) is 14.2 Å². The highest BCUT2D eigenvalue weighted by Gasteiger charge is 2.57. The van der Waals surface area contributed by atoms with Gasteiger partial charge >= 0.3 is 0 Å². The van der Waals surface area contributed by atoms with Crippen LogP contribution >= 0.6 is 0 Å². The molecule has 4 nitrogen and oxygen atoms in total. The number of fused-ring (bicyclic) bond motifs is 2. The third-order valence-corrected chi connectivity index (χ3v) is 4.51. The van der Waals surface area contributed by atoms with Crippen LogP contribution in [0.15, 0.2) is 48.5 Å². The summed E-state index contributed by atoms with van der Waals surface area (Å²) in [6.45, 7) is 0.458. The van der Waals surface area contributed by atoms with Gasteiger partial charge in [0, 0.05) is 12.7 Å². The summed E-state index contributed by atoms with van der Waals surface area (Å²) in [5, 5.41) is 10.9. The van der Waals surface area contributed by atoms with Crippen molar-refractivity contribution in [2.24, 2.45) is 5.92 Å². The molecule has 0 amide bonds. The number of hydrogen-bond acceptors (Lipinski definition) is 4. The lowest BCUT2D eigenvalue weighted by atomic mass is 9.84. The summed E-state index contributed by atoms with van der Waals surface area (Å²) in [6, 6.07) is 15.4. The van der Waals surface area contributed by atoms with E-state index >= 15 is 0 Å². The summed E-state index contributed by atoms with van der Waals surface area (Å²) in [4.78, 5) is 0. The summed E-state index contributed by atoms with van der Waals surface area (Å²) in [7, 11) is 1.66. The van der Waals surface area contributed by atoms with Crippen molar-refractivity contribution in [2.45, 2.75) is 18.3 Å². The van der Waals surface area contributed by atoms with Crippen LogP contribution < -0.4 is 9.47 Å². The third-order valence-electron chi connectivity index (χ3n) is 4.51. The van der Waals surface area contributed by atoms with Crippen LogP contribution in [0.25, 0.3) is 0 Å². The van der Waals surface area contributed by atoms with E-state index in [2.05, 4.69) is 0 Å². The molecule has 0 saturated heterocycles. The smallest absolute Gasteiger partial charge is 0.286 e. The largest absolute Gasteiger partial charge is 0.449 e. The molecular formula is C18H18O4. The van der Waals surface area contributed by atoms with Gasteiger partial charge in [-0.2, -0.15) is 0 Å². The molecule has 0 unspecified atom stereocenters. The number of aliphatic hydroxyl groups is 1. The Morgan fingerprint density at radius 2 is 1.77 bits per heavy atom. The molecule has 3 atom stereocenters. The van der Waals surface area contributed by atoms with Gasteiger partial charge in [-0.15, -0.1) is 0 Å². The van der Waals surface area contributed by atoms with Crippen molar-refractivity contribution in [1.29, 1.82) is 0 Å². The van der Waals surface area contributed by atoms with E-state index in [1.54, 1.807) is 7.11 Å². The molecule has 0 aliphatic carbocycles. The predicted octanol–water partition coefficient (Wildman–Crippen LogP) is 2.71. The number of hydrogen-bond donors (Lipinski definition) is 1. The van der Waals surface area contributed by atoms with E-state index in [0.29, 0.717) is 12.4 Å². The molecule has 2 aliphatic heterocycles. The summed E-state index contributed by atoms with van der Waals surface area (Å²) in [5.41, 5.74) is 1.88. The van der Waals surface area contributed by atoms with E-state index in [1.165, 1.54) is 0 Å². The lowest BCUT2D eigenvalue weighted by Crippen LogP contribution is -2.55. The quantitative estimate of drug-likeness (QED) is 0.926. The summed E-state index contributed by atoms with van der Waals surface area (Å²) in [6.07, 6.45) is -0.0908. The average Bonchev–Trinajstić information content (AvgIpc) is 2.82. The zero-order valence-electron chi connectivity index (χ0n) is 12.4. The van der Waals surface area contributed by atoms with Crippen LogP contribution in [0.1, 0.15) is 17.2 Å². The Balaban J connectivity index is 1.80. The molecule has 4 rings (SSSR count). The lowest BCUT2D eigenvalue weighted by Gasteiger charge is -2.42. The first-order chi connectivity index (χ1) is 10.7. The number of methoxy groups -OCH3 is 1. The van der Waals surface area contributed by atoms with Crippen molar-refractivity contribution >= 4 is 0 Å². The van der Waals surface area contributed by atoms with Crippen LogP contribution in [0.4, 0.5) is 0 Å². The van der Waals surface area contributed by atoms with Crippen LogP contribution in [-0.2, 0) is 11.2 Å². The first kappa shape index (κ1) is 13.6. The number of aliphatic hydroxyl groups excluding tert-OH is 1. The molecule has 2 heterocycles. The summed E-state index contributed by atoms with van der Waals surface area (Å²) in [5.74, 6) is 0.237. The van der Waals surface area contributed by atoms with Crippen molar-refractivity contribution in [3.05, 3.63) is 59.7 Å². The van der Waals surface area contributed by atoms with Gasteiger partial charge in [-0.1, -0.05) is 36.4 Å². The van der Waals surface area contributed by atoms with Crippen molar-refractivity contribution in [3.8, 4) is 11.5 Å². The highest BCUT2D eigenvalue weighted by Crippen LogP contribution is 2.51. The van der Waals surface area contributed by atoms with Crippen LogP contribution in [0.3, 0.4) is 0 Å². The number of benzene rings is 2. The molecule has 0 fully saturated rings.